The van der Waals surface area contributed by atoms with E-state index in [-0.39, 0.29) is 0 Å². The Morgan fingerprint density at radius 2 is 2.00 bits per heavy atom. The molecule has 0 aliphatic rings. The predicted octanol–water partition coefficient (Wildman–Crippen LogP) is 3.92. The highest BCUT2D eigenvalue weighted by atomic mass is 14.9. The molecule has 0 aromatic heterocycles. The molecule has 1 unspecified atom stereocenters. The molecule has 1 atom stereocenters. The van der Waals surface area contributed by atoms with Gasteiger partial charge in [-0.3, -0.25) is 0 Å². The van der Waals surface area contributed by atoms with E-state index in [0.29, 0.717) is 6.04 Å². The average molecular weight is 217 g/mol. The van der Waals surface area contributed by atoms with Crippen LogP contribution < -0.4 is 5.32 Å². The fourth-order valence-corrected chi connectivity index (χ4v) is 1.70. The molecule has 1 rings (SSSR count). The summed E-state index contributed by atoms with van der Waals surface area (Å²) < 4.78 is 0. The summed E-state index contributed by atoms with van der Waals surface area (Å²) in [7, 11) is 0. The number of allylic oxidation sites excluding steroid dienone is 1. The Bertz CT molecular complexity index is 352. The van der Waals surface area contributed by atoms with Gasteiger partial charge in [-0.15, -0.1) is 0 Å². The van der Waals surface area contributed by atoms with E-state index < -0.39 is 0 Å². The maximum atomic E-state index is 3.53. The Hall–Kier alpha value is -1.08. The minimum atomic E-state index is 0.435. The molecule has 0 aliphatic heterocycles. The van der Waals surface area contributed by atoms with E-state index >= 15 is 0 Å². The fourth-order valence-electron chi connectivity index (χ4n) is 1.70. The summed E-state index contributed by atoms with van der Waals surface area (Å²) in [4.78, 5) is 0. The van der Waals surface area contributed by atoms with Crippen molar-refractivity contribution >= 4 is 0 Å². The van der Waals surface area contributed by atoms with Gasteiger partial charge in [0.1, 0.15) is 0 Å². The van der Waals surface area contributed by atoms with E-state index in [9.17, 15) is 0 Å². The van der Waals surface area contributed by atoms with Crippen LogP contribution in [-0.4, -0.2) is 6.54 Å². The summed E-state index contributed by atoms with van der Waals surface area (Å²) in [5.74, 6) is 0. The standard InChI is InChI=1S/C15H23N/c1-5-6-7-10-16-14(4)15-9-8-12(2)13(3)11-15/h5-6,8-9,11,14,16H,7,10H2,1-4H3/b6-5+. The second-order valence-corrected chi connectivity index (χ2v) is 4.38. The Labute approximate surface area is 99.6 Å². The topological polar surface area (TPSA) is 12.0 Å². The number of benzene rings is 1. The van der Waals surface area contributed by atoms with Gasteiger partial charge in [-0.2, -0.15) is 0 Å². The van der Waals surface area contributed by atoms with Crippen molar-refractivity contribution in [3.63, 3.8) is 0 Å². The highest BCUT2D eigenvalue weighted by molar-refractivity contribution is 5.31. The number of hydrogen-bond donors (Lipinski definition) is 1. The molecule has 88 valence electrons. The highest BCUT2D eigenvalue weighted by Crippen LogP contribution is 2.16. The molecule has 0 amide bonds. The quantitative estimate of drug-likeness (QED) is 0.582. The minimum Gasteiger partial charge on any atom is -0.310 e. The molecule has 0 spiro atoms. The lowest BCUT2D eigenvalue weighted by atomic mass is 10.0. The van der Waals surface area contributed by atoms with Gasteiger partial charge in [0.05, 0.1) is 0 Å². The molecule has 1 heteroatoms. The van der Waals surface area contributed by atoms with E-state index in [4.69, 9.17) is 0 Å². The van der Waals surface area contributed by atoms with E-state index in [1.54, 1.807) is 0 Å². The van der Waals surface area contributed by atoms with E-state index in [0.717, 1.165) is 13.0 Å². The van der Waals surface area contributed by atoms with Gasteiger partial charge in [0, 0.05) is 6.04 Å². The summed E-state index contributed by atoms with van der Waals surface area (Å²) in [6, 6.07) is 7.14. The molecule has 1 aromatic rings. The van der Waals surface area contributed by atoms with Crippen LogP contribution in [-0.2, 0) is 0 Å². The van der Waals surface area contributed by atoms with Crippen molar-refractivity contribution in [1.82, 2.24) is 5.32 Å². The third kappa shape index (κ3) is 3.82. The molecule has 0 saturated carbocycles. The van der Waals surface area contributed by atoms with E-state index in [1.165, 1.54) is 16.7 Å². The van der Waals surface area contributed by atoms with Gasteiger partial charge in [0.2, 0.25) is 0 Å². The molecule has 0 fully saturated rings. The molecule has 0 saturated heterocycles. The first-order valence-electron chi connectivity index (χ1n) is 6.07. The predicted molar refractivity (Wildman–Crippen MR) is 71.8 cm³/mol. The average Bonchev–Trinajstić information content (AvgIpc) is 2.28. The van der Waals surface area contributed by atoms with Crippen LogP contribution in [0.1, 0.15) is 43.0 Å². The SMILES string of the molecule is C/C=C/CCNC(C)c1ccc(C)c(C)c1. The van der Waals surface area contributed by atoms with Crippen molar-refractivity contribution in [3.05, 3.63) is 47.0 Å². The third-order valence-electron chi connectivity index (χ3n) is 3.03. The number of aryl methyl sites for hydroxylation is 2. The molecule has 1 aromatic carbocycles. The molecule has 1 N–H and O–H groups in total. The van der Waals surface area contributed by atoms with E-state index in [2.05, 4.69) is 63.4 Å². The largest absolute Gasteiger partial charge is 0.310 e. The lowest BCUT2D eigenvalue weighted by Crippen LogP contribution is -2.19. The lowest BCUT2D eigenvalue weighted by Gasteiger charge is -2.15. The zero-order valence-corrected chi connectivity index (χ0v) is 10.9. The normalized spacial score (nSPS) is 13.2. The summed E-state index contributed by atoms with van der Waals surface area (Å²) in [5.41, 5.74) is 4.12. The highest BCUT2D eigenvalue weighted by Gasteiger charge is 2.04. The molecule has 1 nitrogen and oxygen atoms in total. The van der Waals surface area contributed by atoms with Crippen molar-refractivity contribution < 1.29 is 0 Å². The lowest BCUT2D eigenvalue weighted by molar-refractivity contribution is 0.580. The number of rotatable bonds is 5. The Kier molecular flexibility index (Phi) is 5.27. The van der Waals surface area contributed by atoms with Crippen LogP contribution in [0.2, 0.25) is 0 Å². The van der Waals surface area contributed by atoms with Gasteiger partial charge < -0.3 is 5.32 Å². The first kappa shape index (κ1) is 13.0. The zero-order valence-electron chi connectivity index (χ0n) is 10.9. The molecule has 0 radical (unpaired) electrons. The summed E-state index contributed by atoms with van der Waals surface area (Å²) >= 11 is 0. The van der Waals surface area contributed by atoms with Crippen molar-refractivity contribution in [3.8, 4) is 0 Å². The number of nitrogens with one attached hydrogen (secondary N) is 1. The maximum Gasteiger partial charge on any atom is 0.0292 e. The smallest absolute Gasteiger partial charge is 0.0292 e. The fraction of sp³-hybridized carbons (Fsp3) is 0.467. The van der Waals surface area contributed by atoms with Crippen LogP contribution in [0.5, 0.6) is 0 Å². The van der Waals surface area contributed by atoms with Gasteiger partial charge in [0.15, 0.2) is 0 Å². The molecule has 0 bridgehead atoms. The molecular weight excluding hydrogens is 194 g/mol. The zero-order chi connectivity index (χ0) is 12.0. The first-order chi connectivity index (χ1) is 7.65. The van der Waals surface area contributed by atoms with Gasteiger partial charge in [-0.1, -0.05) is 30.4 Å². The van der Waals surface area contributed by atoms with Crippen LogP contribution >= 0.6 is 0 Å². The second kappa shape index (κ2) is 6.49. The van der Waals surface area contributed by atoms with Gasteiger partial charge in [-0.25, -0.2) is 0 Å². The Morgan fingerprint density at radius 3 is 2.62 bits per heavy atom. The van der Waals surface area contributed by atoms with Gasteiger partial charge in [-0.05, 0) is 57.4 Å². The number of hydrogen-bond acceptors (Lipinski definition) is 1. The van der Waals surface area contributed by atoms with Crippen molar-refractivity contribution in [2.45, 2.75) is 40.2 Å². The van der Waals surface area contributed by atoms with Crippen LogP contribution in [0.25, 0.3) is 0 Å². The monoisotopic (exact) mass is 217 g/mol. The van der Waals surface area contributed by atoms with E-state index in [1.807, 2.05) is 0 Å². The molecule has 0 heterocycles. The summed E-state index contributed by atoms with van der Waals surface area (Å²) in [6.07, 6.45) is 5.40. The van der Waals surface area contributed by atoms with Crippen LogP contribution in [0.15, 0.2) is 30.4 Å². The maximum absolute atomic E-state index is 3.53. The van der Waals surface area contributed by atoms with Gasteiger partial charge in [0.25, 0.3) is 0 Å². The van der Waals surface area contributed by atoms with Crippen LogP contribution in [0, 0.1) is 13.8 Å². The molecular formula is C15H23N. The second-order valence-electron chi connectivity index (χ2n) is 4.38. The summed E-state index contributed by atoms with van der Waals surface area (Å²) in [5, 5.41) is 3.53. The minimum absolute atomic E-state index is 0.435. The van der Waals surface area contributed by atoms with Crippen LogP contribution in [0.3, 0.4) is 0 Å². The van der Waals surface area contributed by atoms with Crippen molar-refractivity contribution in [2.24, 2.45) is 0 Å². The van der Waals surface area contributed by atoms with Crippen molar-refractivity contribution in [2.75, 3.05) is 6.54 Å². The van der Waals surface area contributed by atoms with Crippen LogP contribution in [0.4, 0.5) is 0 Å². The van der Waals surface area contributed by atoms with Crippen molar-refractivity contribution in [1.29, 1.82) is 0 Å². The van der Waals surface area contributed by atoms with Gasteiger partial charge >= 0.3 is 0 Å². The Morgan fingerprint density at radius 1 is 1.25 bits per heavy atom. The molecule has 0 aliphatic carbocycles. The Balaban J connectivity index is 2.52. The summed E-state index contributed by atoms with van der Waals surface area (Å²) in [6.45, 7) is 9.65. The first-order valence-corrected chi connectivity index (χ1v) is 6.07. The third-order valence-corrected chi connectivity index (χ3v) is 3.03. The molecule has 16 heavy (non-hydrogen) atoms.